The van der Waals surface area contributed by atoms with Gasteiger partial charge >= 0.3 is 6.18 Å². The van der Waals surface area contributed by atoms with Crippen molar-refractivity contribution >= 4 is 11.8 Å². The Morgan fingerprint density at radius 1 is 1.12 bits per heavy atom. The average Bonchev–Trinajstić information content (AvgIpc) is 3.35. The molecule has 2 atom stereocenters. The molecule has 2 aliphatic rings. The number of amides is 2. The van der Waals surface area contributed by atoms with Gasteiger partial charge in [0.1, 0.15) is 5.60 Å². The zero-order valence-corrected chi connectivity index (χ0v) is 23.2. The van der Waals surface area contributed by atoms with E-state index in [1.165, 1.54) is 6.07 Å². The Labute approximate surface area is 237 Å². The number of nitrogens with zero attached hydrogens (tertiary/aromatic N) is 2. The van der Waals surface area contributed by atoms with Crippen LogP contribution in [0.1, 0.15) is 59.3 Å². The second-order valence-electron chi connectivity index (χ2n) is 10.8. The Morgan fingerprint density at radius 3 is 2.51 bits per heavy atom. The maximum absolute atomic E-state index is 13.0. The summed E-state index contributed by atoms with van der Waals surface area (Å²) in [6.45, 7) is 0.857. The van der Waals surface area contributed by atoms with Crippen molar-refractivity contribution in [2.24, 2.45) is 0 Å². The van der Waals surface area contributed by atoms with Gasteiger partial charge in [0.2, 0.25) is 5.91 Å². The van der Waals surface area contributed by atoms with Crippen molar-refractivity contribution in [1.82, 2.24) is 20.5 Å². The molecule has 224 valence electrons. The van der Waals surface area contributed by atoms with Gasteiger partial charge in [-0.1, -0.05) is 12.1 Å². The Morgan fingerprint density at radius 2 is 1.88 bits per heavy atom. The first-order chi connectivity index (χ1) is 19.5. The number of aromatic nitrogens is 1. The van der Waals surface area contributed by atoms with Crippen LogP contribution in [0, 0.1) is 0 Å². The first kappa shape index (κ1) is 30.9. The van der Waals surface area contributed by atoms with Crippen LogP contribution in [0.15, 0.2) is 42.6 Å². The highest BCUT2D eigenvalue weighted by atomic mass is 19.4. The van der Waals surface area contributed by atoms with Crippen LogP contribution < -0.4 is 10.6 Å². The Kier molecular flexibility index (Phi) is 10.0. The molecule has 0 bridgehead atoms. The van der Waals surface area contributed by atoms with Crippen molar-refractivity contribution in [2.75, 3.05) is 33.9 Å². The smallest absolute Gasteiger partial charge is 0.384 e. The van der Waals surface area contributed by atoms with Crippen molar-refractivity contribution < 1.29 is 37.3 Å². The van der Waals surface area contributed by atoms with E-state index in [1.807, 2.05) is 12.1 Å². The standard InChI is InChI=1S/C29H37F3N4O5/c1-40-17-19-6-7-25(33-14-19)28(39)10-8-22(9-11-28)35-23-13-24(18-41-2)36(16-23)26(37)15-34-27(38)20-4-3-5-21(12-20)29(30,31)32/h3-7,12,14,22-24,35,39H,8-11,13,15-18H2,1-2H3,(H,34,38)/t22?,23-,24?,28?/m0/s1. The summed E-state index contributed by atoms with van der Waals surface area (Å²) in [5, 5.41) is 17.3. The maximum atomic E-state index is 13.0. The Balaban J connectivity index is 1.29. The van der Waals surface area contributed by atoms with Crippen molar-refractivity contribution in [3.63, 3.8) is 0 Å². The van der Waals surface area contributed by atoms with Crippen LogP contribution >= 0.6 is 0 Å². The highest BCUT2D eigenvalue weighted by Gasteiger charge is 2.40. The molecule has 0 spiro atoms. The molecule has 2 fully saturated rings. The van der Waals surface area contributed by atoms with Crippen LogP contribution in [0.25, 0.3) is 0 Å². The summed E-state index contributed by atoms with van der Waals surface area (Å²) in [5.74, 6) is -1.09. The summed E-state index contributed by atoms with van der Waals surface area (Å²) >= 11 is 0. The van der Waals surface area contributed by atoms with Crippen LogP contribution in [0.4, 0.5) is 13.2 Å². The molecule has 1 saturated heterocycles. The third-order valence-corrected chi connectivity index (χ3v) is 7.84. The van der Waals surface area contributed by atoms with Gasteiger partial charge in [-0.05, 0) is 61.9 Å². The fraction of sp³-hybridized carbons (Fsp3) is 0.552. The molecule has 1 aliphatic heterocycles. The van der Waals surface area contributed by atoms with Crippen LogP contribution in [-0.4, -0.2) is 78.8 Å². The molecule has 1 aromatic carbocycles. The van der Waals surface area contributed by atoms with Gasteiger partial charge in [0.15, 0.2) is 0 Å². The number of benzene rings is 1. The largest absolute Gasteiger partial charge is 0.416 e. The minimum Gasteiger partial charge on any atom is -0.384 e. The molecular formula is C29H37F3N4O5. The van der Waals surface area contributed by atoms with Crippen LogP contribution in [-0.2, 0) is 32.7 Å². The molecule has 41 heavy (non-hydrogen) atoms. The van der Waals surface area contributed by atoms with E-state index in [4.69, 9.17) is 9.47 Å². The number of carbonyl (C=O) groups excluding carboxylic acids is 2. The number of pyridine rings is 1. The predicted octanol–water partition coefficient (Wildman–Crippen LogP) is 3.01. The number of hydrogen-bond acceptors (Lipinski definition) is 7. The first-order valence-electron chi connectivity index (χ1n) is 13.7. The van der Waals surface area contributed by atoms with Crippen molar-refractivity contribution in [3.05, 3.63) is 65.0 Å². The number of nitrogens with one attached hydrogen (secondary N) is 2. The third-order valence-electron chi connectivity index (χ3n) is 7.84. The number of carbonyl (C=O) groups is 2. The number of halogens is 3. The first-order valence-corrected chi connectivity index (χ1v) is 13.7. The molecule has 1 aromatic heterocycles. The van der Waals surface area contributed by atoms with Gasteiger partial charge < -0.3 is 30.1 Å². The summed E-state index contributed by atoms with van der Waals surface area (Å²) in [5.41, 5.74) is -0.488. The molecule has 1 saturated carbocycles. The van der Waals surface area contributed by atoms with E-state index in [9.17, 15) is 27.9 Å². The van der Waals surface area contributed by atoms with E-state index < -0.39 is 23.2 Å². The molecule has 2 amide bonds. The van der Waals surface area contributed by atoms with Crippen LogP contribution in [0.5, 0.6) is 0 Å². The minimum absolute atomic E-state index is 0.000846. The Bertz CT molecular complexity index is 1190. The predicted molar refractivity (Wildman–Crippen MR) is 144 cm³/mol. The van der Waals surface area contributed by atoms with Gasteiger partial charge in [0, 0.05) is 44.6 Å². The molecule has 2 heterocycles. The lowest BCUT2D eigenvalue weighted by atomic mass is 9.79. The van der Waals surface area contributed by atoms with Crippen molar-refractivity contribution in [1.29, 1.82) is 0 Å². The quantitative estimate of drug-likeness (QED) is 0.397. The second-order valence-corrected chi connectivity index (χ2v) is 10.8. The number of rotatable bonds is 10. The number of hydrogen-bond donors (Lipinski definition) is 3. The van der Waals surface area contributed by atoms with Gasteiger partial charge in [-0.2, -0.15) is 13.2 Å². The summed E-state index contributed by atoms with van der Waals surface area (Å²) in [6, 6.07) is 7.81. The highest BCUT2D eigenvalue weighted by molar-refractivity contribution is 5.96. The van der Waals surface area contributed by atoms with Crippen molar-refractivity contribution in [2.45, 2.75) is 68.6 Å². The van der Waals surface area contributed by atoms with Crippen LogP contribution in [0.2, 0.25) is 0 Å². The molecule has 2 aromatic rings. The minimum atomic E-state index is -4.57. The maximum Gasteiger partial charge on any atom is 0.416 e. The normalized spacial score (nSPS) is 24.8. The van der Waals surface area contributed by atoms with Gasteiger partial charge in [-0.25, -0.2) is 0 Å². The van der Waals surface area contributed by atoms with E-state index in [2.05, 4.69) is 15.6 Å². The molecule has 12 heteroatoms. The SMILES string of the molecule is COCc1ccc(C2(O)CCC(N[C@H]3CC(COC)N(C(=O)CNC(=O)c4cccc(C(F)(F)F)c4)C3)CC2)nc1. The van der Waals surface area contributed by atoms with E-state index in [-0.39, 0.29) is 36.1 Å². The molecule has 0 radical (unpaired) electrons. The van der Waals surface area contributed by atoms with Crippen molar-refractivity contribution in [3.8, 4) is 0 Å². The van der Waals surface area contributed by atoms with Gasteiger partial charge in [-0.3, -0.25) is 14.6 Å². The number of methoxy groups -OCH3 is 2. The summed E-state index contributed by atoms with van der Waals surface area (Å²) in [6.07, 6.45) is 0.405. The molecular weight excluding hydrogens is 541 g/mol. The summed E-state index contributed by atoms with van der Waals surface area (Å²) in [7, 11) is 3.17. The number of alkyl halides is 3. The molecule has 3 N–H and O–H groups in total. The van der Waals surface area contributed by atoms with E-state index >= 15 is 0 Å². The lowest BCUT2D eigenvalue weighted by Crippen LogP contribution is -2.47. The molecule has 9 nitrogen and oxygen atoms in total. The second kappa shape index (κ2) is 13.3. The lowest BCUT2D eigenvalue weighted by Gasteiger charge is -2.37. The number of aliphatic hydroxyl groups is 1. The fourth-order valence-corrected chi connectivity index (χ4v) is 5.69. The highest BCUT2D eigenvalue weighted by Crippen LogP contribution is 2.37. The van der Waals surface area contributed by atoms with E-state index in [1.54, 1.807) is 25.3 Å². The Hall–Kier alpha value is -3.06. The van der Waals surface area contributed by atoms with Gasteiger partial charge in [0.25, 0.3) is 5.91 Å². The fourth-order valence-electron chi connectivity index (χ4n) is 5.69. The summed E-state index contributed by atoms with van der Waals surface area (Å²) in [4.78, 5) is 31.6. The van der Waals surface area contributed by atoms with E-state index in [0.717, 1.165) is 36.6 Å². The molecule has 1 aliphatic carbocycles. The zero-order valence-electron chi connectivity index (χ0n) is 23.2. The van der Waals surface area contributed by atoms with Crippen LogP contribution in [0.3, 0.4) is 0 Å². The zero-order chi connectivity index (χ0) is 29.6. The summed E-state index contributed by atoms with van der Waals surface area (Å²) < 4.78 is 49.4. The van der Waals surface area contributed by atoms with Gasteiger partial charge in [-0.15, -0.1) is 0 Å². The third kappa shape index (κ3) is 7.82. The number of likely N-dealkylation sites (tertiary alicyclic amines) is 1. The van der Waals surface area contributed by atoms with Gasteiger partial charge in [0.05, 0.1) is 37.1 Å². The molecule has 4 rings (SSSR count). The average molecular weight is 579 g/mol. The molecule has 1 unspecified atom stereocenters. The van der Waals surface area contributed by atoms with E-state index in [0.29, 0.717) is 44.7 Å². The monoisotopic (exact) mass is 578 g/mol. The lowest BCUT2D eigenvalue weighted by molar-refractivity contribution is -0.137. The number of ether oxygens (including phenoxy) is 2. The topological polar surface area (TPSA) is 113 Å².